The fraction of sp³-hybridized carbons (Fsp3) is 0.722. The van der Waals surface area contributed by atoms with Crippen molar-refractivity contribution in [2.45, 2.75) is 51.2 Å². The largest absolute Gasteiger partial charge is 0.383 e. The third-order valence-corrected chi connectivity index (χ3v) is 5.41. The van der Waals surface area contributed by atoms with Crippen LogP contribution in [0, 0.1) is 18.8 Å². The molecule has 0 aromatic carbocycles. The molecule has 0 bridgehead atoms. The third kappa shape index (κ3) is 4.62. The number of aliphatic hydroxyl groups is 1. The Bertz CT molecular complexity index is 626. The second-order valence-corrected chi connectivity index (χ2v) is 7.33. The number of imidazole rings is 1. The zero-order valence-electron chi connectivity index (χ0n) is 15.2. The zero-order chi connectivity index (χ0) is 18.5. The predicted molar refractivity (Wildman–Crippen MR) is 94.2 cm³/mol. The van der Waals surface area contributed by atoms with Gasteiger partial charge in [-0.1, -0.05) is 12.8 Å². The maximum Gasteiger partial charge on any atom is 0.249 e. The Morgan fingerprint density at radius 3 is 2.85 bits per heavy atom. The summed E-state index contributed by atoms with van der Waals surface area (Å²) in [5.74, 6) is -0.197. The third-order valence-electron chi connectivity index (χ3n) is 5.41. The summed E-state index contributed by atoms with van der Waals surface area (Å²) in [6, 6.07) is -0.0888. The van der Waals surface area contributed by atoms with Crippen LogP contribution >= 0.6 is 0 Å². The van der Waals surface area contributed by atoms with Crippen LogP contribution < -0.4 is 10.6 Å². The van der Waals surface area contributed by atoms with E-state index in [-0.39, 0.29) is 30.2 Å². The van der Waals surface area contributed by atoms with E-state index in [0.717, 1.165) is 31.4 Å². The van der Waals surface area contributed by atoms with Gasteiger partial charge in [-0.3, -0.25) is 9.59 Å². The van der Waals surface area contributed by atoms with Gasteiger partial charge >= 0.3 is 0 Å². The lowest BCUT2D eigenvalue weighted by atomic mass is 10.0. The molecule has 8 nitrogen and oxygen atoms in total. The van der Waals surface area contributed by atoms with Crippen LogP contribution in [0.3, 0.4) is 0 Å². The highest BCUT2D eigenvalue weighted by molar-refractivity contribution is 5.81. The monoisotopic (exact) mass is 364 g/mol. The van der Waals surface area contributed by atoms with Gasteiger partial charge in [0.2, 0.25) is 11.8 Å². The van der Waals surface area contributed by atoms with Crippen molar-refractivity contribution in [3.05, 3.63) is 17.7 Å². The van der Waals surface area contributed by atoms with Crippen LogP contribution in [0.1, 0.15) is 37.1 Å². The smallest absolute Gasteiger partial charge is 0.249 e. The van der Waals surface area contributed by atoms with E-state index in [0.29, 0.717) is 25.5 Å². The van der Waals surface area contributed by atoms with Gasteiger partial charge in [0.25, 0.3) is 0 Å². The lowest BCUT2D eigenvalue weighted by Gasteiger charge is -2.22. The molecular formula is C18H28N4O4. The van der Waals surface area contributed by atoms with Crippen LogP contribution in [-0.2, 0) is 20.7 Å². The molecule has 1 aromatic rings. The van der Waals surface area contributed by atoms with Crippen LogP contribution in [0.5, 0.6) is 0 Å². The molecule has 2 aliphatic rings. The van der Waals surface area contributed by atoms with Crippen LogP contribution in [0.15, 0.2) is 6.33 Å². The number of amides is 2. The Kier molecular flexibility index (Phi) is 6.26. The van der Waals surface area contributed by atoms with E-state index in [1.807, 2.05) is 6.92 Å². The number of hydrogen-bond acceptors (Lipinski definition) is 5. The number of carbonyl (C=O) groups excluding carboxylic acids is 2. The Hall–Kier alpha value is -1.93. The highest BCUT2D eigenvalue weighted by atomic mass is 16.5. The van der Waals surface area contributed by atoms with Crippen molar-refractivity contribution in [3.63, 3.8) is 0 Å². The molecule has 26 heavy (non-hydrogen) atoms. The summed E-state index contributed by atoms with van der Waals surface area (Å²) < 4.78 is 5.48. The number of nitrogens with one attached hydrogen (secondary N) is 3. The van der Waals surface area contributed by atoms with Crippen molar-refractivity contribution in [3.8, 4) is 0 Å². The van der Waals surface area contributed by atoms with Crippen molar-refractivity contribution in [1.29, 1.82) is 0 Å². The average molecular weight is 364 g/mol. The van der Waals surface area contributed by atoms with Gasteiger partial charge in [-0.15, -0.1) is 0 Å². The standard InChI is InChI=1S/C18H28N4O4/c1-11-14(21-10-20-11)6-16(23)18(25)19-7-13-8-26-9-15(13)22-17(24)12-4-2-3-5-12/h10,12-13,15-16,23H,2-9H2,1H3,(H,19,25)(H,20,21)(H,22,24)/t13-,15-,16?/m1/s1. The number of nitrogens with zero attached hydrogens (tertiary/aromatic N) is 1. The van der Waals surface area contributed by atoms with Gasteiger partial charge in [0.1, 0.15) is 6.10 Å². The number of hydrogen-bond donors (Lipinski definition) is 4. The summed E-state index contributed by atoms with van der Waals surface area (Å²) in [7, 11) is 0. The Morgan fingerprint density at radius 1 is 1.38 bits per heavy atom. The van der Waals surface area contributed by atoms with E-state index in [2.05, 4.69) is 20.6 Å². The van der Waals surface area contributed by atoms with Crippen molar-refractivity contribution < 1.29 is 19.4 Å². The van der Waals surface area contributed by atoms with Crippen molar-refractivity contribution in [1.82, 2.24) is 20.6 Å². The first-order valence-corrected chi connectivity index (χ1v) is 9.37. The molecular weight excluding hydrogens is 336 g/mol. The lowest BCUT2D eigenvalue weighted by Crippen LogP contribution is -2.47. The molecule has 0 radical (unpaired) electrons. The molecule has 8 heteroatoms. The number of aliphatic hydroxyl groups excluding tert-OH is 1. The minimum absolute atomic E-state index is 0.0172. The van der Waals surface area contributed by atoms with E-state index in [4.69, 9.17) is 4.74 Å². The van der Waals surface area contributed by atoms with Crippen LogP contribution in [0.2, 0.25) is 0 Å². The number of aromatic nitrogens is 2. The molecule has 1 saturated carbocycles. The minimum Gasteiger partial charge on any atom is -0.383 e. The summed E-state index contributed by atoms with van der Waals surface area (Å²) >= 11 is 0. The van der Waals surface area contributed by atoms with E-state index >= 15 is 0 Å². The molecule has 3 rings (SSSR count). The summed E-state index contributed by atoms with van der Waals surface area (Å²) in [6.07, 6.45) is 4.72. The molecule has 144 valence electrons. The van der Waals surface area contributed by atoms with E-state index in [1.165, 1.54) is 0 Å². The highest BCUT2D eigenvalue weighted by Crippen LogP contribution is 2.25. The molecule has 3 atom stereocenters. The van der Waals surface area contributed by atoms with Gasteiger partial charge in [-0.2, -0.15) is 0 Å². The van der Waals surface area contributed by atoms with Crippen LogP contribution in [0.4, 0.5) is 0 Å². The summed E-state index contributed by atoms with van der Waals surface area (Å²) in [5, 5.41) is 15.9. The van der Waals surface area contributed by atoms with Crippen molar-refractivity contribution in [2.24, 2.45) is 11.8 Å². The Labute approximate surface area is 153 Å². The van der Waals surface area contributed by atoms with Gasteiger partial charge in [0, 0.05) is 30.5 Å². The number of aryl methyl sites for hydroxylation is 1. The molecule has 2 fully saturated rings. The number of rotatable bonds is 7. The quantitative estimate of drug-likeness (QED) is 0.546. The molecule has 2 amide bonds. The van der Waals surface area contributed by atoms with Gasteiger partial charge in [0.05, 0.1) is 31.3 Å². The summed E-state index contributed by atoms with van der Waals surface area (Å²) in [6.45, 7) is 3.17. The molecule has 4 N–H and O–H groups in total. The number of H-pyrrole nitrogens is 1. The summed E-state index contributed by atoms with van der Waals surface area (Å²) in [5.41, 5.74) is 1.52. The second-order valence-electron chi connectivity index (χ2n) is 7.33. The van der Waals surface area contributed by atoms with Crippen molar-refractivity contribution in [2.75, 3.05) is 19.8 Å². The highest BCUT2D eigenvalue weighted by Gasteiger charge is 2.33. The van der Waals surface area contributed by atoms with Gasteiger partial charge in [0.15, 0.2) is 0 Å². The first-order chi connectivity index (χ1) is 12.5. The molecule has 1 aliphatic heterocycles. The van der Waals surface area contributed by atoms with Gasteiger partial charge in [-0.25, -0.2) is 4.98 Å². The molecule has 0 spiro atoms. The first kappa shape index (κ1) is 18.8. The number of carbonyl (C=O) groups is 2. The molecule has 1 aromatic heterocycles. The summed E-state index contributed by atoms with van der Waals surface area (Å²) in [4.78, 5) is 31.5. The Morgan fingerprint density at radius 2 is 2.15 bits per heavy atom. The topological polar surface area (TPSA) is 116 Å². The second kappa shape index (κ2) is 8.64. The maximum atomic E-state index is 12.3. The fourth-order valence-electron chi connectivity index (χ4n) is 3.67. The minimum atomic E-state index is -1.15. The van der Waals surface area contributed by atoms with Gasteiger partial charge in [-0.05, 0) is 19.8 Å². The SMILES string of the molecule is Cc1[nH]cnc1CC(O)C(=O)NC[C@@H]1COC[C@H]1NC(=O)C1CCCC1. The van der Waals surface area contributed by atoms with Crippen LogP contribution in [-0.4, -0.2) is 58.8 Å². The van der Waals surface area contributed by atoms with Crippen molar-refractivity contribution >= 4 is 11.8 Å². The first-order valence-electron chi connectivity index (χ1n) is 9.37. The van der Waals surface area contributed by atoms with Crippen LogP contribution in [0.25, 0.3) is 0 Å². The molecule has 1 saturated heterocycles. The lowest BCUT2D eigenvalue weighted by molar-refractivity contribution is -0.129. The Balaban J connectivity index is 1.44. The zero-order valence-corrected chi connectivity index (χ0v) is 15.2. The molecule has 1 unspecified atom stereocenters. The van der Waals surface area contributed by atoms with E-state index in [9.17, 15) is 14.7 Å². The normalized spacial score (nSPS) is 24.5. The molecule has 2 heterocycles. The molecule has 1 aliphatic carbocycles. The number of ether oxygens (including phenoxy) is 1. The number of aromatic amines is 1. The predicted octanol–water partition coefficient (Wildman–Crippen LogP) is 0.0591. The van der Waals surface area contributed by atoms with E-state index in [1.54, 1.807) is 6.33 Å². The maximum absolute atomic E-state index is 12.3. The average Bonchev–Trinajstić information content (AvgIpc) is 3.36. The van der Waals surface area contributed by atoms with E-state index < -0.39 is 12.0 Å². The fourth-order valence-corrected chi connectivity index (χ4v) is 3.67. The van der Waals surface area contributed by atoms with Gasteiger partial charge < -0.3 is 25.5 Å².